The van der Waals surface area contributed by atoms with Crippen LogP contribution in [0.25, 0.3) is 0 Å². The minimum atomic E-state index is -0.901. The molecule has 1 saturated heterocycles. The number of amides is 2. The van der Waals surface area contributed by atoms with Gasteiger partial charge in [0.25, 0.3) is 0 Å². The molecule has 0 bridgehead atoms. The molecule has 0 aromatic heterocycles. The van der Waals surface area contributed by atoms with Crippen LogP contribution in [0, 0.1) is 5.41 Å². The first-order chi connectivity index (χ1) is 9.91. The molecule has 1 heterocycles. The lowest BCUT2D eigenvalue weighted by Gasteiger charge is -2.32. The van der Waals surface area contributed by atoms with Crippen molar-refractivity contribution >= 4 is 12.0 Å². The molecule has 6 nitrogen and oxygen atoms in total. The van der Waals surface area contributed by atoms with Gasteiger partial charge in [-0.25, -0.2) is 4.79 Å². The first kappa shape index (κ1) is 17.8. The van der Waals surface area contributed by atoms with Crippen LogP contribution in [0.1, 0.15) is 46.5 Å². The second kappa shape index (κ2) is 8.22. The molecular formula is C15H29N3O3. The summed E-state index contributed by atoms with van der Waals surface area (Å²) in [6.07, 6.45) is 3.55. The molecule has 2 amide bonds. The number of aliphatic carboxylic acids is 1. The summed E-state index contributed by atoms with van der Waals surface area (Å²) in [5, 5.41) is 14.8. The van der Waals surface area contributed by atoms with Crippen molar-refractivity contribution in [2.45, 2.75) is 52.5 Å². The standard InChI is InChI=1S/C15H29N3O3/c1-4-8-18-9-6-12(7-10-18)17-14(21)16-11-15(3,5-2)13(19)20/h12H,4-11H2,1-3H3,(H,19,20)(H2,16,17,21). The van der Waals surface area contributed by atoms with Crippen LogP contribution in [0.3, 0.4) is 0 Å². The average Bonchev–Trinajstić information content (AvgIpc) is 2.47. The van der Waals surface area contributed by atoms with E-state index in [1.54, 1.807) is 6.92 Å². The number of rotatable bonds is 7. The molecule has 1 aliphatic heterocycles. The molecule has 0 aromatic rings. The summed E-state index contributed by atoms with van der Waals surface area (Å²) >= 11 is 0. The van der Waals surface area contributed by atoms with Crippen molar-refractivity contribution in [1.82, 2.24) is 15.5 Å². The topological polar surface area (TPSA) is 81.7 Å². The van der Waals surface area contributed by atoms with E-state index in [4.69, 9.17) is 5.11 Å². The molecule has 0 aromatic carbocycles. The summed E-state index contributed by atoms with van der Waals surface area (Å²) in [6.45, 7) is 8.94. The Bertz CT molecular complexity index is 354. The highest BCUT2D eigenvalue weighted by Gasteiger charge is 2.31. The third-order valence-electron chi connectivity index (χ3n) is 4.40. The minimum absolute atomic E-state index is 0.152. The minimum Gasteiger partial charge on any atom is -0.481 e. The van der Waals surface area contributed by atoms with Crippen molar-refractivity contribution in [3.8, 4) is 0 Å². The lowest BCUT2D eigenvalue weighted by atomic mass is 9.88. The zero-order valence-electron chi connectivity index (χ0n) is 13.4. The molecule has 1 aliphatic rings. The zero-order valence-corrected chi connectivity index (χ0v) is 13.4. The van der Waals surface area contributed by atoms with Crippen LogP contribution in [-0.4, -0.2) is 54.2 Å². The Morgan fingerprint density at radius 2 is 1.90 bits per heavy atom. The molecular weight excluding hydrogens is 270 g/mol. The van der Waals surface area contributed by atoms with Crippen LogP contribution in [-0.2, 0) is 4.79 Å². The van der Waals surface area contributed by atoms with Crippen LogP contribution in [0.4, 0.5) is 4.79 Å². The third kappa shape index (κ3) is 5.53. The van der Waals surface area contributed by atoms with Crippen molar-refractivity contribution in [3.05, 3.63) is 0 Å². The summed E-state index contributed by atoms with van der Waals surface area (Å²) in [4.78, 5) is 25.5. The van der Waals surface area contributed by atoms with Crippen molar-refractivity contribution in [3.63, 3.8) is 0 Å². The van der Waals surface area contributed by atoms with Gasteiger partial charge in [-0.15, -0.1) is 0 Å². The summed E-state index contributed by atoms with van der Waals surface area (Å²) < 4.78 is 0. The Labute approximate surface area is 127 Å². The van der Waals surface area contributed by atoms with E-state index in [9.17, 15) is 9.59 Å². The Hall–Kier alpha value is -1.30. The van der Waals surface area contributed by atoms with Gasteiger partial charge in [-0.1, -0.05) is 13.8 Å². The SMILES string of the molecule is CCCN1CCC(NC(=O)NCC(C)(CC)C(=O)O)CC1. The molecule has 0 radical (unpaired) electrons. The quantitative estimate of drug-likeness (QED) is 0.668. The number of nitrogens with zero attached hydrogens (tertiary/aromatic N) is 1. The van der Waals surface area contributed by atoms with Crippen LogP contribution in [0.2, 0.25) is 0 Å². The van der Waals surface area contributed by atoms with Crippen LogP contribution < -0.4 is 10.6 Å². The van der Waals surface area contributed by atoms with Crippen LogP contribution >= 0.6 is 0 Å². The van der Waals surface area contributed by atoms with Gasteiger partial charge >= 0.3 is 12.0 Å². The first-order valence-electron chi connectivity index (χ1n) is 7.91. The first-order valence-corrected chi connectivity index (χ1v) is 7.91. The van der Waals surface area contributed by atoms with E-state index in [1.165, 1.54) is 0 Å². The monoisotopic (exact) mass is 299 g/mol. The molecule has 0 aliphatic carbocycles. The lowest BCUT2D eigenvalue weighted by Crippen LogP contribution is -2.50. The van der Waals surface area contributed by atoms with Crippen LogP contribution in [0.15, 0.2) is 0 Å². The molecule has 0 spiro atoms. The fourth-order valence-electron chi connectivity index (χ4n) is 2.48. The number of carbonyl (C=O) groups is 2. The Morgan fingerprint density at radius 3 is 2.38 bits per heavy atom. The number of piperidine rings is 1. The van der Waals surface area contributed by atoms with Gasteiger partial charge in [-0.2, -0.15) is 0 Å². The number of carboxylic acid groups (broad SMARTS) is 1. The lowest BCUT2D eigenvalue weighted by molar-refractivity contribution is -0.147. The van der Waals surface area contributed by atoms with Crippen LogP contribution in [0.5, 0.6) is 0 Å². The molecule has 122 valence electrons. The average molecular weight is 299 g/mol. The molecule has 6 heteroatoms. The van der Waals surface area contributed by atoms with E-state index in [1.807, 2.05) is 6.92 Å². The number of urea groups is 1. The van der Waals surface area contributed by atoms with E-state index >= 15 is 0 Å². The smallest absolute Gasteiger partial charge is 0.315 e. The number of carboxylic acids is 1. The van der Waals surface area contributed by atoms with Gasteiger partial charge in [0.2, 0.25) is 0 Å². The van der Waals surface area contributed by atoms with E-state index < -0.39 is 11.4 Å². The van der Waals surface area contributed by atoms with Gasteiger partial charge in [0.1, 0.15) is 0 Å². The second-order valence-corrected chi connectivity index (χ2v) is 6.16. The van der Waals surface area contributed by atoms with Crippen molar-refractivity contribution in [2.24, 2.45) is 5.41 Å². The predicted molar refractivity (Wildman–Crippen MR) is 82.3 cm³/mol. The van der Waals surface area contributed by atoms with Gasteiger partial charge < -0.3 is 20.6 Å². The maximum Gasteiger partial charge on any atom is 0.315 e. The molecule has 21 heavy (non-hydrogen) atoms. The highest BCUT2D eigenvalue weighted by molar-refractivity contribution is 5.77. The Kier molecular flexibility index (Phi) is 6.95. The summed E-state index contributed by atoms with van der Waals surface area (Å²) in [5.41, 5.74) is -0.901. The third-order valence-corrected chi connectivity index (χ3v) is 4.40. The summed E-state index contributed by atoms with van der Waals surface area (Å²) in [7, 11) is 0. The maximum atomic E-state index is 11.9. The van der Waals surface area contributed by atoms with Crippen molar-refractivity contribution in [2.75, 3.05) is 26.2 Å². The van der Waals surface area contributed by atoms with E-state index in [-0.39, 0.29) is 18.6 Å². The molecule has 3 N–H and O–H groups in total. The molecule has 1 fully saturated rings. The Morgan fingerprint density at radius 1 is 1.29 bits per heavy atom. The second-order valence-electron chi connectivity index (χ2n) is 6.16. The molecule has 1 atom stereocenters. The Balaban J connectivity index is 2.30. The van der Waals surface area contributed by atoms with E-state index in [0.717, 1.165) is 38.9 Å². The fraction of sp³-hybridized carbons (Fsp3) is 0.867. The van der Waals surface area contributed by atoms with E-state index in [2.05, 4.69) is 22.5 Å². The van der Waals surface area contributed by atoms with Crippen molar-refractivity contribution < 1.29 is 14.7 Å². The predicted octanol–water partition coefficient (Wildman–Crippen LogP) is 1.66. The van der Waals surface area contributed by atoms with Gasteiger partial charge in [0.05, 0.1) is 5.41 Å². The van der Waals surface area contributed by atoms with Gasteiger partial charge in [0, 0.05) is 25.7 Å². The van der Waals surface area contributed by atoms with Gasteiger partial charge in [-0.3, -0.25) is 4.79 Å². The normalized spacial score (nSPS) is 19.8. The van der Waals surface area contributed by atoms with E-state index in [0.29, 0.717) is 6.42 Å². The van der Waals surface area contributed by atoms with Gasteiger partial charge in [0.15, 0.2) is 0 Å². The number of carbonyl (C=O) groups excluding carboxylic acids is 1. The summed E-state index contributed by atoms with van der Waals surface area (Å²) in [5.74, 6) is -0.877. The molecule has 1 unspecified atom stereocenters. The van der Waals surface area contributed by atoms with Gasteiger partial charge in [-0.05, 0) is 39.2 Å². The highest BCUT2D eigenvalue weighted by atomic mass is 16.4. The maximum absolute atomic E-state index is 11.9. The fourth-order valence-corrected chi connectivity index (χ4v) is 2.48. The number of likely N-dealkylation sites (tertiary alicyclic amines) is 1. The largest absolute Gasteiger partial charge is 0.481 e. The molecule has 1 rings (SSSR count). The molecule has 0 saturated carbocycles. The zero-order chi connectivity index (χ0) is 15.9. The highest BCUT2D eigenvalue weighted by Crippen LogP contribution is 2.19. The summed E-state index contributed by atoms with van der Waals surface area (Å²) in [6, 6.07) is -0.0688. The number of hydrogen-bond acceptors (Lipinski definition) is 3. The number of nitrogens with one attached hydrogen (secondary N) is 2. The van der Waals surface area contributed by atoms with Crippen molar-refractivity contribution in [1.29, 1.82) is 0 Å². The number of hydrogen-bond donors (Lipinski definition) is 3.